The number of aromatic nitrogens is 4. The Hall–Kier alpha value is -5.59. The normalized spacial score (nSPS) is 12.3. The van der Waals surface area contributed by atoms with E-state index in [1.165, 1.54) is 18.7 Å². The van der Waals surface area contributed by atoms with Gasteiger partial charge in [0.15, 0.2) is 11.5 Å². The molecule has 0 saturated heterocycles. The minimum Gasteiger partial charge on any atom is -0.494 e. The van der Waals surface area contributed by atoms with Gasteiger partial charge in [-0.05, 0) is 31.0 Å². The molecule has 1 aliphatic carbocycles. The Labute approximate surface area is 246 Å². The average molecular weight is 583 g/mol. The maximum Gasteiger partial charge on any atom is 0.273 e. The van der Waals surface area contributed by atoms with Gasteiger partial charge in [-0.3, -0.25) is 24.2 Å². The second kappa shape index (κ2) is 12.5. The SMILES string of the molecule is CNC(=O)c1nnc(NC(=O)C2CC2)cc1Nc1cccc(-c2ccc(C(=O)NCc3cccn(C)c3=O)nc2)c1OC. The van der Waals surface area contributed by atoms with Crippen LogP contribution in [-0.4, -0.2) is 51.6 Å². The van der Waals surface area contributed by atoms with Crippen LogP contribution in [0.4, 0.5) is 17.2 Å². The van der Waals surface area contributed by atoms with Crippen molar-refractivity contribution in [3.05, 3.63) is 88.2 Å². The molecule has 0 radical (unpaired) electrons. The highest BCUT2D eigenvalue weighted by molar-refractivity contribution is 6.00. The largest absolute Gasteiger partial charge is 0.494 e. The Bertz CT molecular complexity index is 1750. The van der Waals surface area contributed by atoms with E-state index >= 15 is 0 Å². The van der Waals surface area contributed by atoms with Gasteiger partial charge in [-0.1, -0.05) is 24.3 Å². The summed E-state index contributed by atoms with van der Waals surface area (Å²) in [5.74, 6) is -0.385. The maximum atomic E-state index is 12.7. The molecule has 0 unspecified atom stereocenters. The van der Waals surface area contributed by atoms with Gasteiger partial charge in [0.2, 0.25) is 5.91 Å². The first-order chi connectivity index (χ1) is 20.8. The molecule has 1 aromatic carbocycles. The Kier molecular flexibility index (Phi) is 8.41. The van der Waals surface area contributed by atoms with Crippen molar-refractivity contribution in [1.29, 1.82) is 0 Å². The van der Waals surface area contributed by atoms with E-state index < -0.39 is 11.8 Å². The predicted molar refractivity (Wildman–Crippen MR) is 159 cm³/mol. The molecular weight excluding hydrogens is 552 g/mol. The molecule has 4 N–H and O–H groups in total. The van der Waals surface area contributed by atoms with Crippen molar-refractivity contribution >= 4 is 34.9 Å². The van der Waals surface area contributed by atoms with Crippen LogP contribution in [0.2, 0.25) is 0 Å². The summed E-state index contributed by atoms with van der Waals surface area (Å²) in [6.45, 7) is 0.0746. The molecule has 0 aliphatic heterocycles. The van der Waals surface area contributed by atoms with Crippen molar-refractivity contribution < 1.29 is 19.1 Å². The predicted octanol–water partition coefficient (Wildman–Crippen LogP) is 2.63. The molecule has 3 aromatic heterocycles. The number of anilines is 3. The molecule has 3 amide bonds. The molecule has 5 rings (SSSR count). The van der Waals surface area contributed by atoms with E-state index in [0.717, 1.165) is 12.8 Å². The molecule has 3 heterocycles. The number of benzene rings is 1. The number of carbonyl (C=O) groups is 3. The number of aryl methyl sites for hydroxylation is 1. The van der Waals surface area contributed by atoms with E-state index in [4.69, 9.17) is 4.74 Å². The van der Waals surface area contributed by atoms with Gasteiger partial charge in [0, 0.05) is 61.7 Å². The highest BCUT2D eigenvalue weighted by Gasteiger charge is 2.30. The van der Waals surface area contributed by atoms with Gasteiger partial charge < -0.3 is 30.6 Å². The summed E-state index contributed by atoms with van der Waals surface area (Å²) in [5, 5.41) is 19.2. The number of amides is 3. The maximum absolute atomic E-state index is 12.7. The quantitative estimate of drug-likeness (QED) is 0.220. The third kappa shape index (κ3) is 6.50. The minimum absolute atomic E-state index is 0.0300. The zero-order valence-corrected chi connectivity index (χ0v) is 23.8. The van der Waals surface area contributed by atoms with E-state index in [1.54, 1.807) is 61.9 Å². The molecular formula is C30H30N8O5. The smallest absolute Gasteiger partial charge is 0.273 e. The summed E-state index contributed by atoms with van der Waals surface area (Å²) in [7, 11) is 4.64. The zero-order chi connectivity index (χ0) is 30.5. The van der Waals surface area contributed by atoms with Gasteiger partial charge in [0.05, 0.1) is 18.5 Å². The zero-order valence-electron chi connectivity index (χ0n) is 23.8. The summed E-state index contributed by atoms with van der Waals surface area (Å²) in [6, 6.07) is 13.7. The first-order valence-corrected chi connectivity index (χ1v) is 13.5. The highest BCUT2D eigenvalue weighted by atomic mass is 16.5. The second-order valence-electron chi connectivity index (χ2n) is 9.91. The average Bonchev–Trinajstić information content (AvgIpc) is 3.87. The molecule has 13 nitrogen and oxygen atoms in total. The van der Waals surface area contributed by atoms with Gasteiger partial charge in [0.1, 0.15) is 11.4 Å². The Morgan fingerprint density at radius 3 is 2.53 bits per heavy atom. The number of hydrogen-bond donors (Lipinski definition) is 4. The minimum atomic E-state index is -0.462. The Balaban J connectivity index is 1.37. The van der Waals surface area contributed by atoms with E-state index in [-0.39, 0.29) is 41.1 Å². The number of methoxy groups -OCH3 is 1. The standard InChI is InChI=1S/C30H30N8O5/c1-31-29(41)25-23(14-24(36-37-25)35-27(39)17-9-10-17)34-21-8-4-7-20(26(21)43-3)18-11-12-22(32-15-18)28(40)33-16-19-6-5-13-38(2)30(19)42/h4-8,11-15,17H,9-10,16H2,1-3H3,(H,31,41)(H,33,40)(H2,34,35,36,39). The number of rotatable bonds is 10. The molecule has 0 bridgehead atoms. The van der Waals surface area contributed by atoms with Crippen LogP contribution in [0.5, 0.6) is 5.75 Å². The van der Waals surface area contributed by atoms with E-state index in [9.17, 15) is 19.2 Å². The van der Waals surface area contributed by atoms with Crippen LogP contribution in [0.3, 0.4) is 0 Å². The van der Waals surface area contributed by atoms with Gasteiger partial charge in [-0.2, -0.15) is 0 Å². The summed E-state index contributed by atoms with van der Waals surface area (Å²) in [6.07, 6.45) is 4.86. The lowest BCUT2D eigenvalue weighted by Gasteiger charge is -2.17. The summed E-state index contributed by atoms with van der Waals surface area (Å²) < 4.78 is 7.19. The van der Waals surface area contributed by atoms with Crippen LogP contribution >= 0.6 is 0 Å². The van der Waals surface area contributed by atoms with E-state index in [2.05, 4.69) is 36.4 Å². The number of para-hydroxylation sites is 1. The molecule has 0 spiro atoms. The van der Waals surface area contributed by atoms with Crippen LogP contribution in [0, 0.1) is 5.92 Å². The number of hydrogen-bond acceptors (Lipinski definition) is 9. The third-order valence-electron chi connectivity index (χ3n) is 6.87. The fraction of sp³-hybridized carbons (Fsp3) is 0.233. The van der Waals surface area contributed by atoms with E-state index in [1.807, 2.05) is 6.07 Å². The molecule has 43 heavy (non-hydrogen) atoms. The van der Waals surface area contributed by atoms with Gasteiger partial charge in [0.25, 0.3) is 17.4 Å². The summed E-state index contributed by atoms with van der Waals surface area (Å²) in [5.41, 5.74) is 2.67. The van der Waals surface area contributed by atoms with Crippen LogP contribution in [0.1, 0.15) is 39.4 Å². The first kappa shape index (κ1) is 28.9. The Morgan fingerprint density at radius 1 is 1.02 bits per heavy atom. The van der Waals surface area contributed by atoms with E-state index in [0.29, 0.717) is 33.8 Å². The molecule has 1 saturated carbocycles. The first-order valence-electron chi connectivity index (χ1n) is 13.5. The lowest BCUT2D eigenvalue weighted by molar-refractivity contribution is -0.117. The lowest BCUT2D eigenvalue weighted by Crippen LogP contribution is -2.29. The molecule has 220 valence electrons. The lowest BCUT2D eigenvalue weighted by atomic mass is 10.0. The number of nitrogens with one attached hydrogen (secondary N) is 4. The molecule has 4 aromatic rings. The number of ether oxygens (including phenoxy) is 1. The van der Waals surface area contributed by atoms with Gasteiger partial charge >= 0.3 is 0 Å². The molecule has 13 heteroatoms. The van der Waals surface area contributed by atoms with Crippen molar-refractivity contribution in [2.75, 3.05) is 24.8 Å². The van der Waals surface area contributed by atoms with Crippen LogP contribution in [0.15, 0.2) is 65.7 Å². The topological polar surface area (TPSA) is 169 Å². The fourth-order valence-electron chi connectivity index (χ4n) is 4.38. The summed E-state index contributed by atoms with van der Waals surface area (Å²) >= 11 is 0. The molecule has 0 atom stereocenters. The second-order valence-corrected chi connectivity index (χ2v) is 9.91. The van der Waals surface area contributed by atoms with Crippen LogP contribution in [0.25, 0.3) is 11.1 Å². The molecule has 1 aliphatic rings. The van der Waals surface area contributed by atoms with Crippen molar-refractivity contribution in [3.63, 3.8) is 0 Å². The van der Waals surface area contributed by atoms with Crippen molar-refractivity contribution in [3.8, 4) is 16.9 Å². The van der Waals surface area contributed by atoms with Crippen molar-refractivity contribution in [2.24, 2.45) is 13.0 Å². The number of pyridine rings is 2. The number of nitrogens with zero attached hydrogens (tertiary/aromatic N) is 4. The number of carbonyl (C=O) groups excluding carboxylic acids is 3. The molecule has 1 fully saturated rings. The monoisotopic (exact) mass is 582 g/mol. The van der Waals surface area contributed by atoms with Crippen molar-refractivity contribution in [2.45, 2.75) is 19.4 Å². The van der Waals surface area contributed by atoms with Crippen molar-refractivity contribution in [1.82, 2.24) is 30.4 Å². The highest BCUT2D eigenvalue weighted by Crippen LogP contribution is 2.38. The third-order valence-corrected chi connectivity index (χ3v) is 6.87. The Morgan fingerprint density at radius 2 is 1.84 bits per heavy atom. The van der Waals surface area contributed by atoms with Gasteiger partial charge in [-0.25, -0.2) is 0 Å². The fourth-order valence-corrected chi connectivity index (χ4v) is 4.38. The van der Waals surface area contributed by atoms with Gasteiger partial charge in [-0.15, -0.1) is 10.2 Å². The van der Waals surface area contributed by atoms with Crippen LogP contribution < -0.4 is 31.6 Å². The van der Waals surface area contributed by atoms with Crippen LogP contribution in [-0.2, 0) is 18.4 Å². The summed E-state index contributed by atoms with van der Waals surface area (Å²) in [4.78, 5) is 54.0.